The lowest BCUT2D eigenvalue weighted by Crippen LogP contribution is -1.87. The van der Waals surface area contributed by atoms with E-state index in [0.717, 1.165) is 26.8 Å². The van der Waals surface area contributed by atoms with Crippen LogP contribution in [0.1, 0.15) is 5.56 Å². The lowest BCUT2D eigenvalue weighted by molar-refractivity contribution is 0.471. The van der Waals surface area contributed by atoms with E-state index < -0.39 is 0 Å². The second-order valence-electron chi connectivity index (χ2n) is 6.86. The van der Waals surface area contributed by atoms with Gasteiger partial charge in [-0.15, -0.1) is 0 Å². The zero-order valence-electron chi connectivity index (χ0n) is 15.6. The van der Waals surface area contributed by atoms with Crippen LogP contribution in [-0.4, -0.2) is 20.7 Å². The second-order valence-corrected chi connectivity index (χ2v) is 8.63. The number of imidazole rings is 1. The van der Waals surface area contributed by atoms with E-state index in [2.05, 4.69) is 62.2 Å². The Bertz CT molecular complexity index is 1440. The van der Waals surface area contributed by atoms with E-state index in [9.17, 15) is 5.11 Å². The van der Waals surface area contributed by atoms with Gasteiger partial charge in [0.2, 0.25) is 0 Å². The summed E-state index contributed by atoms with van der Waals surface area (Å²) in [6.07, 6.45) is 3.60. The number of benzene rings is 3. The molecule has 3 aromatic carbocycles. The van der Waals surface area contributed by atoms with Crippen molar-refractivity contribution in [3.05, 3.63) is 93.5 Å². The molecule has 0 fully saturated rings. The number of phenols is 1. The first-order chi connectivity index (χ1) is 14.6. The van der Waals surface area contributed by atoms with E-state index in [1.165, 1.54) is 5.39 Å². The largest absolute Gasteiger partial charge is 0.506 e. The van der Waals surface area contributed by atoms with Crippen molar-refractivity contribution in [2.24, 2.45) is 4.99 Å². The normalized spacial score (nSPS) is 11.7. The fourth-order valence-electron chi connectivity index (χ4n) is 3.45. The van der Waals surface area contributed by atoms with Gasteiger partial charge in [0.15, 0.2) is 5.82 Å². The predicted molar refractivity (Wildman–Crippen MR) is 129 cm³/mol. The Morgan fingerprint density at radius 2 is 1.70 bits per heavy atom. The number of hydrogen-bond acceptors (Lipinski definition) is 3. The maximum Gasteiger partial charge on any atom is 0.165 e. The summed E-state index contributed by atoms with van der Waals surface area (Å²) in [7, 11) is 0. The molecule has 2 aromatic heterocycles. The molecular weight excluding hydrogens is 506 g/mol. The summed E-state index contributed by atoms with van der Waals surface area (Å²) in [5.41, 5.74) is 3.19. The molecule has 2 heterocycles. The van der Waals surface area contributed by atoms with Gasteiger partial charge in [-0.1, -0.05) is 58.4 Å². The standard InChI is InChI=1S/C24H15Br2N3O/c25-19-12-18(23(30)20(26)13-19)14-27-24-22(28-21-7-3-4-10-29(21)24)17-9-8-15-5-1-2-6-16(15)11-17/h1-14,30H/b27-14+. The number of fused-ring (bicyclic) bond motifs is 2. The molecule has 0 aliphatic rings. The highest BCUT2D eigenvalue weighted by Crippen LogP contribution is 2.34. The molecule has 0 saturated heterocycles. The van der Waals surface area contributed by atoms with Crippen LogP contribution in [0.4, 0.5) is 5.82 Å². The maximum atomic E-state index is 10.4. The fraction of sp³-hybridized carbons (Fsp3) is 0. The average Bonchev–Trinajstić information content (AvgIpc) is 3.13. The first kappa shape index (κ1) is 19.0. The molecule has 0 amide bonds. The molecule has 0 radical (unpaired) electrons. The number of rotatable bonds is 3. The van der Waals surface area contributed by atoms with Gasteiger partial charge in [0, 0.05) is 28.0 Å². The molecule has 5 aromatic rings. The molecule has 0 unspecified atom stereocenters. The molecule has 0 spiro atoms. The third-order valence-corrected chi connectivity index (χ3v) is 5.97. The maximum absolute atomic E-state index is 10.4. The van der Waals surface area contributed by atoms with Crippen LogP contribution in [-0.2, 0) is 0 Å². The van der Waals surface area contributed by atoms with Crippen molar-refractivity contribution in [1.82, 2.24) is 9.38 Å². The Kier molecular flexibility index (Phi) is 4.89. The van der Waals surface area contributed by atoms with Crippen LogP contribution in [0.5, 0.6) is 5.75 Å². The molecule has 0 bridgehead atoms. The number of halogens is 2. The Labute approximate surface area is 189 Å². The van der Waals surface area contributed by atoms with Gasteiger partial charge in [0.05, 0.1) is 4.47 Å². The molecule has 146 valence electrons. The van der Waals surface area contributed by atoms with E-state index in [4.69, 9.17) is 9.98 Å². The second kappa shape index (κ2) is 7.70. The van der Waals surface area contributed by atoms with Crippen LogP contribution in [0.2, 0.25) is 0 Å². The molecular formula is C24H15Br2N3O. The van der Waals surface area contributed by atoms with Crippen molar-refractivity contribution >= 4 is 60.3 Å². The minimum atomic E-state index is 0.142. The minimum absolute atomic E-state index is 0.142. The number of hydrogen-bond donors (Lipinski definition) is 1. The molecule has 0 aliphatic heterocycles. The number of aromatic hydroxyl groups is 1. The van der Waals surface area contributed by atoms with Gasteiger partial charge in [0.25, 0.3) is 0 Å². The van der Waals surface area contributed by atoms with Crippen molar-refractivity contribution in [3.8, 4) is 17.0 Å². The van der Waals surface area contributed by atoms with Crippen molar-refractivity contribution < 1.29 is 5.11 Å². The number of nitrogens with zero attached hydrogens (tertiary/aromatic N) is 3. The molecule has 6 heteroatoms. The summed E-state index contributed by atoms with van der Waals surface area (Å²) in [4.78, 5) is 9.57. The van der Waals surface area contributed by atoms with Gasteiger partial charge < -0.3 is 5.11 Å². The average molecular weight is 521 g/mol. The van der Waals surface area contributed by atoms with Gasteiger partial charge in [-0.05, 0) is 57.0 Å². The lowest BCUT2D eigenvalue weighted by Gasteiger charge is -2.05. The highest BCUT2D eigenvalue weighted by atomic mass is 79.9. The summed E-state index contributed by atoms with van der Waals surface area (Å²) >= 11 is 6.83. The summed E-state index contributed by atoms with van der Waals surface area (Å²) < 4.78 is 3.40. The number of aromatic nitrogens is 2. The summed E-state index contributed by atoms with van der Waals surface area (Å²) in [6, 6.07) is 24.0. The van der Waals surface area contributed by atoms with Crippen LogP contribution < -0.4 is 0 Å². The molecule has 0 saturated carbocycles. The lowest BCUT2D eigenvalue weighted by atomic mass is 10.1. The van der Waals surface area contributed by atoms with Gasteiger partial charge >= 0.3 is 0 Å². The molecule has 1 N–H and O–H groups in total. The van der Waals surface area contributed by atoms with Gasteiger partial charge in [-0.25, -0.2) is 9.98 Å². The Morgan fingerprint density at radius 3 is 2.57 bits per heavy atom. The molecule has 0 atom stereocenters. The first-order valence-electron chi connectivity index (χ1n) is 9.28. The van der Waals surface area contributed by atoms with E-state index >= 15 is 0 Å². The zero-order valence-corrected chi connectivity index (χ0v) is 18.8. The molecule has 4 nitrogen and oxygen atoms in total. The molecule has 30 heavy (non-hydrogen) atoms. The van der Waals surface area contributed by atoms with Crippen molar-refractivity contribution in [1.29, 1.82) is 0 Å². The Balaban J connectivity index is 1.69. The van der Waals surface area contributed by atoms with Crippen LogP contribution in [0.25, 0.3) is 27.7 Å². The van der Waals surface area contributed by atoms with Crippen LogP contribution in [0.3, 0.4) is 0 Å². The SMILES string of the molecule is Oc1c(Br)cc(Br)cc1/C=N/c1c(-c2ccc3ccccc3c2)nc2ccccn12. The number of aliphatic imine (C=N–C) groups is 1. The van der Waals surface area contributed by atoms with Crippen molar-refractivity contribution in [3.63, 3.8) is 0 Å². The fourth-order valence-corrected chi connectivity index (χ4v) is 4.71. The summed E-state index contributed by atoms with van der Waals surface area (Å²) in [5.74, 6) is 0.847. The first-order valence-corrected chi connectivity index (χ1v) is 10.9. The number of pyridine rings is 1. The van der Waals surface area contributed by atoms with E-state index in [-0.39, 0.29) is 5.75 Å². The monoisotopic (exact) mass is 519 g/mol. The molecule has 5 rings (SSSR count). The van der Waals surface area contributed by atoms with E-state index in [1.807, 2.05) is 47.0 Å². The summed E-state index contributed by atoms with van der Waals surface area (Å²) in [5, 5.41) is 12.7. The smallest absolute Gasteiger partial charge is 0.165 e. The van der Waals surface area contributed by atoms with Gasteiger partial charge in [-0.3, -0.25) is 4.40 Å². The van der Waals surface area contributed by atoms with Crippen molar-refractivity contribution in [2.45, 2.75) is 0 Å². The van der Waals surface area contributed by atoms with Crippen LogP contribution in [0, 0.1) is 0 Å². The highest BCUT2D eigenvalue weighted by Gasteiger charge is 2.14. The third-order valence-electron chi connectivity index (χ3n) is 4.91. The summed E-state index contributed by atoms with van der Waals surface area (Å²) in [6.45, 7) is 0. The van der Waals surface area contributed by atoms with Gasteiger partial charge in [0.1, 0.15) is 17.1 Å². The van der Waals surface area contributed by atoms with Crippen LogP contribution >= 0.6 is 31.9 Å². The Hall–Kier alpha value is -2.96. The number of phenolic OH excluding ortho intramolecular Hbond substituents is 1. The minimum Gasteiger partial charge on any atom is -0.506 e. The van der Waals surface area contributed by atoms with E-state index in [1.54, 1.807) is 12.3 Å². The van der Waals surface area contributed by atoms with Gasteiger partial charge in [-0.2, -0.15) is 0 Å². The topological polar surface area (TPSA) is 49.9 Å². The predicted octanol–water partition coefficient (Wildman–Crippen LogP) is 7.14. The quantitative estimate of drug-likeness (QED) is 0.257. The third kappa shape index (κ3) is 3.42. The molecule has 0 aliphatic carbocycles. The Morgan fingerprint density at radius 1 is 0.900 bits per heavy atom. The zero-order chi connectivity index (χ0) is 20.7. The van der Waals surface area contributed by atoms with Crippen LogP contribution in [0.15, 0.2) is 92.9 Å². The van der Waals surface area contributed by atoms with Crippen molar-refractivity contribution in [2.75, 3.05) is 0 Å². The highest BCUT2D eigenvalue weighted by molar-refractivity contribution is 9.11. The van der Waals surface area contributed by atoms with E-state index in [0.29, 0.717) is 15.9 Å².